The van der Waals surface area contributed by atoms with Crippen LogP contribution in [0.1, 0.15) is 202 Å². The van der Waals surface area contributed by atoms with Gasteiger partial charge in [-0.25, -0.2) is 14.4 Å². The Bertz CT molecular complexity index is 6770. The van der Waals surface area contributed by atoms with Gasteiger partial charge in [-0.3, -0.25) is 30.2 Å². The summed E-state index contributed by atoms with van der Waals surface area (Å²) < 4.78 is 38.1. The van der Waals surface area contributed by atoms with Gasteiger partial charge >= 0.3 is 43.9 Å². The second-order valence-corrected chi connectivity index (χ2v) is 35.0. The van der Waals surface area contributed by atoms with E-state index in [1.54, 1.807) is 62.0 Å². The number of aryl methyl sites for hydroxylation is 13. The van der Waals surface area contributed by atoms with Crippen LogP contribution in [0.4, 0.5) is 22.7 Å². The first-order valence-corrected chi connectivity index (χ1v) is 46.2. The van der Waals surface area contributed by atoms with Gasteiger partial charge in [0.05, 0.1) is 110 Å². The summed E-state index contributed by atoms with van der Waals surface area (Å²) in [6.07, 6.45) is 18.5. The number of alkyl halides is 2. The number of pyridine rings is 4. The number of aromatic carboxylic acids is 2. The third-order valence-corrected chi connectivity index (χ3v) is 23.0. The van der Waals surface area contributed by atoms with Crippen LogP contribution in [0.25, 0.3) is 66.3 Å². The van der Waals surface area contributed by atoms with Gasteiger partial charge in [-0.1, -0.05) is 88.2 Å². The number of carbonyl (C=O) groups excluding carboxylic acids is 2. The standard InChI is InChI=1S/C13H14O2.C11H18BNO3.C11H13N3O.C11H12N2O2.C11H12O.C10H11N3O2.C10H9NO2.C10H11NO.C7H7NO3.C6H7BrN2.C3H6O.CH2Cl2.Al.Li.4H/c1-3-15-13(14)11-6-7-12-9(2)4-5-10(12)8-11;1-7-9(8(2)14-13-7)12-15-10(3,4)11(5,6)16-12;1-6-10(12)4-9(5-13-6)11-7(2)14-15-8(11)3;1-6-4-9(5-12-11(6)14)10-7(2)13-15-8(10)3;1-8-2-4-10-6-9(7-12)3-5-11(8)10;1-5-9(6(2)15-13-5)7-3-8(11)10(14)12-4-7;1-6-5-11-8-4-2-3-7(9(6)8)10(12)13;1-7-5-11-9-4-2-3-8(6-12)10(7)9;9-7(10)5-2-1-3-6(4-5)8-11;1-4-6(8)2-5(7)3-9-4;1-2-3-4;2-1-3;;;;;;/h4,6-8H,3,5H2,1-2H3;1-6H3;4-5H,12H2,1-3H3;4-5H,1-3H3,(H,12,14);2-3,5-6,12H,4,7H2,1H3;3-4H,11H2,1-2H3,(H,12,14);2-5,11H,1H3,(H,12,13);2-5,11-12H,6H2,1H3;1-4,8,11H,(H,9,10);2-3H,8H2,1H3;3H,2H2,1H3;1H2;;;;;;/q;;;;;;;;;;;;;+1;;;;-1. The topological polar surface area (TPSA) is 514 Å². The van der Waals surface area contributed by atoms with Crippen LogP contribution in [-0.2, 0) is 44.9 Å². The van der Waals surface area contributed by atoms with E-state index in [1.165, 1.54) is 51.1 Å². The van der Waals surface area contributed by atoms with Crippen molar-refractivity contribution < 1.29 is 97.2 Å². The molecule has 10 aromatic heterocycles. The summed E-state index contributed by atoms with van der Waals surface area (Å²) in [6, 6.07) is 36.1. The van der Waals surface area contributed by atoms with Crippen molar-refractivity contribution in [3.05, 3.63) is 320 Å². The molecule has 0 unspecified atom stereocenters. The Hall–Kier alpha value is -13.0. The molecule has 5 aromatic carbocycles. The quantitative estimate of drug-likeness (QED) is 0.0178. The minimum atomic E-state index is -1.01. The van der Waals surface area contributed by atoms with E-state index in [0.717, 1.165) is 158 Å². The van der Waals surface area contributed by atoms with Gasteiger partial charge in [0.2, 0.25) is 0 Å². The van der Waals surface area contributed by atoms with E-state index < -0.39 is 11.9 Å². The molecule has 1 saturated heterocycles. The van der Waals surface area contributed by atoms with E-state index in [0.29, 0.717) is 46.9 Å². The van der Waals surface area contributed by atoms with Crippen molar-refractivity contribution in [3.63, 3.8) is 0 Å². The molecule has 2 aliphatic carbocycles. The van der Waals surface area contributed by atoms with Crippen molar-refractivity contribution >= 4 is 149 Å². The molecule has 1 aliphatic heterocycles. The van der Waals surface area contributed by atoms with Crippen LogP contribution in [0.3, 0.4) is 0 Å². The maximum absolute atomic E-state index is 11.5. The second kappa shape index (κ2) is 56.6. The largest absolute Gasteiger partial charge is 1.00 e. The molecule has 0 atom stereocenters. The monoisotopic (exact) mass is 2050 g/mol. The minimum absolute atomic E-state index is 0. The van der Waals surface area contributed by atoms with Crippen LogP contribution in [0.15, 0.2) is 203 Å². The zero-order chi connectivity index (χ0) is 104. The van der Waals surface area contributed by atoms with E-state index in [1.807, 2.05) is 209 Å². The molecular weight excluding hydrogens is 1930 g/mol. The third-order valence-electron chi connectivity index (χ3n) is 22.6. The molecule has 0 bridgehead atoms. The first-order chi connectivity index (χ1) is 66.3. The third kappa shape index (κ3) is 32.8. The number of nitrogen functional groups attached to an aromatic ring is 3. The maximum Gasteiger partial charge on any atom is 1.00 e. The fourth-order valence-electron chi connectivity index (χ4n) is 14.4. The van der Waals surface area contributed by atoms with Gasteiger partial charge in [0.15, 0.2) is 17.4 Å². The number of aromatic nitrogens is 10. The number of nitrogens with two attached hydrogens (primary N) is 3. The number of nitrogens with zero attached hydrogens (tertiary/aromatic N) is 6. The van der Waals surface area contributed by atoms with Crippen molar-refractivity contribution in [2.24, 2.45) is 0 Å². The molecule has 142 heavy (non-hydrogen) atoms. The number of benzene rings is 5. The number of carbonyl (C=O) groups is 4. The fourth-order valence-corrected chi connectivity index (χ4v) is 14.8. The smallest absolute Gasteiger partial charge is 1.00 e. The van der Waals surface area contributed by atoms with Crippen molar-refractivity contribution in [1.82, 2.24) is 50.5 Å². The number of aliphatic hydroxyl groups excluding tert-OH is 2. The maximum atomic E-state index is 11.5. The summed E-state index contributed by atoms with van der Waals surface area (Å²) in [7, 11) is -0.378. The molecule has 1 fully saturated rings. The van der Waals surface area contributed by atoms with Gasteiger partial charge in [-0.2, -0.15) is 0 Å². The molecule has 38 heteroatoms. The normalized spacial score (nSPS) is 12.0. The predicted molar refractivity (Wildman–Crippen MR) is 566 cm³/mol. The van der Waals surface area contributed by atoms with E-state index in [4.69, 9.17) is 98.2 Å². The number of ether oxygens (including phenoxy) is 1. The summed E-state index contributed by atoms with van der Waals surface area (Å²) in [6.45, 7) is 41.1. The Morgan fingerprint density at radius 3 is 1.45 bits per heavy atom. The number of aldehydes is 1. The molecule has 0 spiro atoms. The number of rotatable bonds is 12. The Balaban J connectivity index is 0.000000329. The zero-order valence-corrected chi connectivity index (χ0v) is 86.5. The van der Waals surface area contributed by atoms with Crippen LogP contribution in [-0.4, -0.2) is 148 Å². The van der Waals surface area contributed by atoms with Gasteiger partial charge in [-0.15, -0.1) is 23.2 Å². The molecule has 0 saturated carbocycles. The number of allylic oxidation sites excluding steroid dienone is 4. The number of anilines is 4. The Kier molecular flexibility index (Phi) is 47.7. The number of halogens is 3. The first-order valence-electron chi connectivity index (χ1n) is 44.3. The molecular formula is C104H126AlBBrCl2LiN14O18. The van der Waals surface area contributed by atoms with Gasteiger partial charge in [0.25, 0.3) is 11.1 Å². The number of carboxylic acids is 2. The Labute approximate surface area is 867 Å². The van der Waals surface area contributed by atoms with E-state index in [-0.39, 0.29) is 103 Å². The summed E-state index contributed by atoms with van der Waals surface area (Å²) >= 11 is 12.8. The van der Waals surface area contributed by atoms with E-state index in [2.05, 4.69) is 105 Å². The number of fused-ring (bicyclic) bond motifs is 4. The summed E-state index contributed by atoms with van der Waals surface area (Å²) in [4.78, 5) is 83.8. The Morgan fingerprint density at radius 1 is 0.535 bits per heavy atom. The van der Waals surface area contributed by atoms with Crippen LogP contribution in [0.5, 0.6) is 0 Å². The number of H-pyrrole nitrogens is 4. The van der Waals surface area contributed by atoms with E-state index >= 15 is 0 Å². The molecule has 15 aromatic rings. The van der Waals surface area contributed by atoms with E-state index in [9.17, 15) is 28.8 Å². The SMILES string of the molecule is CC1=CCc2cc(CO)ccc21.CCC=O.CCOC(=O)c1ccc2c(c1)CC=C2C.Cc1c[nH]c2cccc(C(=O)O)c12.Cc1c[nH]c2cccc(CO)c12.Cc1ncc(-c2c(C)noc2C)cc1N.Cc1ncc(Br)cc1N.Cc1noc(C)c1-c1c[nH]c(=O)c(C)c1.Cc1noc(C)c1-c1c[nH]c(=O)c(N)c1.Cc1noc(C)c1B1OC(C)(C)C(C)(C)O1.ClCCl.O=C(O)c1cccc(NO)c1.[AlH3].[H-].[Li+]. The summed E-state index contributed by atoms with van der Waals surface area (Å²) in [5.74, 6) is 0.895. The molecule has 0 amide bonds. The predicted octanol–water partition coefficient (Wildman–Crippen LogP) is 17.0. The Morgan fingerprint density at radius 2 is 1.00 bits per heavy atom. The number of hydrogen-bond acceptors (Lipinski definition) is 26. The van der Waals surface area contributed by atoms with Gasteiger partial charge in [-0.05, 0) is 296 Å². The molecule has 3 aliphatic rings. The number of aromatic amines is 4. The van der Waals surface area contributed by atoms with Crippen molar-refractivity contribution in [2.75, 3.05) is 34.6 Å². The number of hydrogen-bond donors (Lipinski definition) is 13. The van der Waals surface area contributed by atoms with Gasteiger partial charge < -0.3 is 95.9 Å². The number of nitrogens with one attached hydrogen (secondary N) is 5. The molecule has 32 nitrogen and oxygen atoms in total. The number of carboxylic acid groups (broad SMARTS) is 2. The average Bonchev–Trinajstić information content (AvgIpc) is 1.61. The second-order valence-electron chi connectivity index (χ2n) is 33.3. The molecule has 0 radical (unpaired) electrons. The van der Waals surface area contributed by atoms with Crippen LogP contribution >= 0.6 is 39.1 Å². The van der Waals surface area contributed by atoms with Crippen molar-refractivity contribution in [3.8, 4) is 33.4 Å². The molecule has 748 valence electrons. The number of esters is 1. The fraction of sp³-hybridized carbons (Fsp3) is 0.288. The van der Waals surface area contributed by atoms with Gasteiger partial charge in [0, 0.05) is 114 Å². The number of aliphatic hydroxyl groups is 2. The van der Waals surface area contributed by atoms with Crippen molar-refractivity contribution in [1.29, 1.82) is 0 Å². The van der Waals surface area contributed by atoms with Gasteiger partial charge in [0.1, 0.15) is 29.3 Å². The zero-order valence-electron chi connectivity index (χ0n) is 84.4. The summed E-state index contributed by atoms with van der Waals surface area (Å²) in [5, 5.41) is 61.5. The first kappa shape index (κ1) is 120. The molecule has 18 rings (SSSR count). The van der Waals surface area contributed by atoms with Crippen LogP contribution < -0.4 is 58.1 Å². The van der Waals surface area contributed by atoms with Crippen LogP contribution in [0, 0.1) is 90.0 Å². The van der Waals surface area contributed by atoms with Crippen molar-refractivity contribution in [2.45, 2.75) is 189 Å². The average molecular weight is 2060 g/mol. The molecule has 11 heterocycles. The van der Waals surface area contributed by atoms with Crippen LogP contribution in [0.2, 0.25) is 0 Å². The summed E-state index contributed by atoms with van der Waals surface area (Å²) in [5.41, 5.74) is 46.9. The molecule has 16 N–H and O–H groups in total. The minimum Gasteiger partial charge on any atom is -1.00 e.